The van der Waals surface area contributed by atoms with E-state index in [1.165, 1.54) is 33.4 Å². The van der Waals surface area contributed by atoms with Crippen molar-refractivity contribution in [2.45, 2.75) is 51.4 Å². The molecule has 0 amide bonds. The molecule has 0 aliphatic rings. The Kier molecular flexibility index (Phi) is 17.2. The van der Waals surface area contributed by atoms with Gasteiger partial charge in [-0.3, -0.25) is 0 Å². The van der Waals surface area contributed by atoms with Crippen LogP contribution in [0.2, 0.25) is 0 Å². The van der Waals surface area contributed by atoms with Crippen molar-refractivity contribution < 1.29 is 0 Å². The molecule has 0 spiro atoms. The van der Waals surface area contributed by atoms with E-state index in [1.54, 1.807) is 11.1 Å². The van der Waals surface area contributed by atoms with Gasteiger partial charge in [-0.2, -0.15) is 0 Å². The highest BCUT2D eigenvalue weighted by molar-refractivity contribution is 5.55. The Bertz CT molecular complexity index is 2830. The quantitative estimate of drug-likeness (QED) is 0.107. The van der Waals surface area contributed by atoms with Gasteiger partial charge in [0.15, 0.2) is 0 Å². The first-order chi connectivity index (χ1) is 33.7. The predicted octanol–water partition coefficient (Wildman–Crippen LogP) is 14.7. The molecule has 0 saturated carbocycles. The average molecular weight is 873 g/mol. The van der Waals surface area contributed by atoms with Crippen LogP contribution in [0.15, 0.2) is 243 Å². The zero-order valence-electron chi connectivity index (χ0n) is 38.8. The van der Waals surface area contributed by atoms with E-state index in [0.717, 1.165) is 84.7 Å². The first-order valence-corrected chi connectivity index (χ1v) is 23.8. The minimum Gasteiger partial charge on any atom is -0.0622 e. The Balaban J connectivity index is 0.000000189. The number of hydrogen-bond donors (Lipinski definition) is 0. The molecule has 0 bridgehead atoms. The fourth-order valence-corrected chi connectivity index (χ4v) is 8.40. The van der Waals surface area contributed by atoms with Crippen molar-refractivity contribution in [2.75, 3.05) is 0 Å². The lowest BCUT2D eigenvalue weighted by atomic mass is 9.85. The molecule has 0 heterocycles. The van der Waals surface area contributed by atoms with E-state index in [4.69, 9.17) is 0 Å². The highest BCUT2D eigenvalue weighted by Crippen LogP contribution is 2.27. The SMILES string of the molecule is C(#Cc1cc(C#Cc2ccccc2)cc(C#Cc2ccccc2)c1)c1ccccc1.c1ccc(CCc2ccc(CCc3ccccc3)c(CCc3ccccc3)c2CCc2ccccc2)cc1. The summed E-state index contributed by atoms with van der Waals surface area (Å²) in [4.78, 5) is 0. The molecule has 9 aromatic carbocycles. The van der Waals surface area contributed by atoms with Gasteiger partial charge in [-0.25, -0.2) is 0 Å². The molecule has 9 aromatic rings. The smallest absolute Gasteiger partial charge is 0.0273 e. The first-order valence-electron chi connectivity index (χ1n) is 23.8. The summed E-state index contributed by atoms with van der Waals surface area (Å²) < 4.78 is 0. The molecule has 0 fully saturated rings. The maximum Gasteiger partial charge on any atom is 0.0273 e. The standard InChI is InChI=1S/C38H38.C30H18/c1-5-13-31(14-6-1)21-25-35-27-28-36(26-22-32-15-7-2-8-16-32)38(30-24-34-19-11-4-12-20-34)37(35)29-23-33-17-9-3-10-18-33;1-4-10-25(11-5-1)16-19-28-22-29(20-17-26-12-6-2-7-13-26)24-30(23-28)21-18-27-14-8-3-9-15-27/h1-20,27-28H,21-26,29-30H2;1-15,22-24H. The minimum atomic E-state index is 0.899. The summed E-state index contributed by atoms with van der Waals surface area (Å²) in [5, 5.41) is 0. The molecule has 0 aliphatic carbocycles. The van der Waals surface area contributed by atoms with Gasteiger partial charge in [0.2, 0.25) is 0 Å². The normalized spacial score (nSPS) is 10.2. The Hall–Kier alpha value is -8.34. The van der Waals surface area contributed by atoms with Crippen LogP contribution in [0.5, 0.6) is 0 Å². The number of benzene rings is 9. The summed E-state index contributed by atoms with van der Waals surface area (Å²) >= 11 is 0. The summed E-state index contributed by atoms with van der Waals surface area (Å²) in [5.41, 5.74) is 17.5. The van der Waals surface area contributed by atoms with Crippen molar-refractivity contribution in [1.82, 2.24) is 0 Å². The van der Waals surface area contributed by atoms with Crippen molar-refractivity contribution in [1.29, 1.82) is 0 Å². The van der Waals surface area contributed by atoms with E-state index in [2.05, 4.69) is 169 Å². The highest BCUT2D eigenvalue weighted by Gasteiger charge is 2.15. The van der Waals surface area contributed by atoms with Gasteiger partial charge in [0, 0.05) is 33.4 Å². The molecule has 0 unspecified atom stereocenters. The molecule has 0 radical (unpaired) electrons. The van der Waals surface area contributed by atoms with Crippen molar-refractivity contribution in [3.63, 3.8) is 0 Å². The topological polar surface area (TPSA) is 0 Å². The molecule has 68 heavy (non-hydrogen) atoms. The molecule has 0 nitrogen and oxygen atoms in total. The van der Waals surface area contributed by atoms with Crippen molar-refractivity contribution in [3.8, 4) is 35.5 Å². The lowest BCUT2D eigenvalue weighted by Gasteiger charge is -2.20. The van der Waals surface area contributed by atoms with Crippen LogP contribution in [0.4, 0.5) is 0 Å². The molecule has 0 aliphatic heterocycles. The highest BCUT2D eigenvalue weighted by atomic mass is 14.2. The summed E-state index contributed by atoms with van der Waals surface area (Å²) in [7, 11) is 0. The zero-order valence-corrected chi connectivity index (χ0v) is 38.8. The fraction of sp³-hybridized carbons (Fsp3) is 0.118. The van der Waals surface area contributed by atoms with Crippen LogP contribution in [0.1, 0.15) is 77.9 Å². The van der Waals surface area contributed by atoms with Gasteiger partial charge in [-0.05, 0) is 150 Å². The molecule has 0 saturated heterocycles. The third kappa shape index (κ3) is 14.8. The van der Waals surface area contributed by atoms with Gasteiger partial charge in [-0.1, -0.05) is 224 Å². The lowest BCUT2D eigenvalue weighted by Crippen LogP contribution is -2.09. The maximum absolute atomic E-state index is 3.25. The lowest BCUT2D eigenvalue weighted by molar-refractivity contribution is 0.829. The van der Waals surface area contributed by atoms with E-state index >= 15 is 0 Å². The Morgan fingerprint density at radius 2 is 0.412 bits per heavy atom. The van der Waals surface area contributed by atoms with Gasteiger partial charge in [0.05, 0.1) is 0 Å². The molecule has 328 valence electrons. The maximum atomic E-state index is 3.25. The largest absolute Gasteiger partial charge is 0.0622 e. The molecular weight excluding hydrogens is 817 g/mol. The van der Waals surface area contributed by atoms with Crippen molar-refractivity contribution >= 4 is 0 Å². The number of hydrogen-bond acceptors (Lipinski definition) is 0. The van der Waals surface area contributed by atoms with Crippen LogP contribution in [-0.2, 0) is 51.4 Å². The molecule has 0 heteroatoms. The monoisotopic (exact) mass is 872 g/mol. The van der Waals surface area contributed by atoms with Gasteiger partial charge < -0.3 is 0 Å². The third-order valence-corrected chi connectivity index (χ3v) is 12.0. The molecule has 0 atom stereocenters. The molecule has 0 aromatic heterocycles. The summed E-state index contributed by atoms with van der Waals surface area (Å²) in [6.07, 6.45) is 8.70. The third-order valence-electron chi connectivity index (χ3n) is 12.0. The van der Waals surface area contributed by atoms with E-state index in [1.807, 2.05) is 109 Å². The molecular formula is C68H56. The Morgan fingerprint density at radius 1 is 0.191 bits per heavy atom. The number of aryl methyl sites for hydroxylation is 6. The van der Waals surface area contributed by atoms with Gasteiger partial charge >= 0.3 is 0 Å². The van der Waals surface area contributed by atoms with Crippen molar-refractivity contribution in [2.24, 2.45) is 0 Å². The summed E-state index contributed by atoms with van der Waals surface area (Å²) in [5.74, 6) is 19.4. The van der Waals surface area contributed by atoms with Crippen LogP contribution >= 0.6 is 0 Å². The van der Waals surface area contributed by atoms with E-state index < -0.39 is 0 Å². The molecule has 0 N–H and O–H groups in total. The first kappa shape index (κ1) is 46.2. The number of rotatable bonds is 12. The van der Waals surface area contributed by atoms with E-state index in [0.29, 0.717) is 0 Å². The average Bonchev–Trinajstić information content (AvgIpc) is 3.41. The molecule has 9 rings (SSSR count). The predicted molar refractivity (Wildman–Crippen MR) is 286 cm³/mol. The fourth-order valence-electron chi connectivity index (χ4n) is 8.40. The second-order valence-electron chi connectivity index (χ2n) is 16.9. The summed E-state index contributed by atoms with van der Waals surface area (Å²) in [6, 6.07) is 84.7. The van der Waals surface area contributed by atoms with Crippen LogP contribution < -0.4 is 0 Å². The van der Waals surface area contributed by atoms with Crippen LogP contribution in [-0.4, -0.2) is 0 Å². The zero-order chi connectivity index (χ0) is 46.3. The summed E-state index contributed by atoms with van der Waals surface area (Å²) in [6.45, 7) is 0. The van der Waals surface area contributed by atoms with Crippen LogP contribution in [0.25, 0.3) is 0 Å². The Labute approximate surface area is 405 Å². The van der Waals surface area contributed by atoms with E-state index in [9.17, 15) is 0 Å². The van der Waals surface area contributed by atoms with E-state index in [-0.39, 0.29) is 0 Å². The van der Waals surface area contributed by atoms with Crippen LogP contribution in [0.3, 0.4) is 0 Å². The van der Waals surface area contributed by atoms with Crippen molar-refractivity contribution in [3.05, 3.63) is 321 Å². The van der Waals surface area contributed by atoms with Gasteiger partial charge in [-0.15, -0.1) is 0 Å². The van der Waals surface area contributed by atoms with Gasteiger partial charge in [0.25, 0.3) is 0 Å². The van der Waals surface area contributed by atoms with Gasteiger partial charge in [0.1, 0.15) is 0 Å². The Morgan fingerprint density at radius 3 is 0.676 bits per heavy atom. The second kappa shape index (κ2) is 25.4. The minimum absolute atomic E-state index is 0.899. The second-order valence-corrected chi connectivity index (χ2v) is 16.9. The van der Waals surface area contributed by atoms with Crippen LogP contribution in [0, 0.1) is 35.5 Å².